The zero-order valence-electron chi connectivity index (χ0n) is 14.5. The molecule has 2 heterocycles. The first-order chi connectivity index (χ1) is 13.3. The van der Waals surface area contributed by atoms with E-state index >= 15 is 0 Å². The van der Waals surface area contributed by atoms with Crippen LogP contribution in [0.2, 0.25) is 0 Å². The molecule has 0 radical (unpaired) electrons. The van der Waals surface area contributed by atoms with Crippen molar-refractivity contribution in [1.29, 1.82) is 0 Å². The van der Waals surface area contributed by atoms with Crippen molar-refractivity contribution in [3.8, 4) is 0 Å². The molecule has 1 aliphatic rings. The number of hydrogen-bond donors (Lipinski definition) is 0. The van der Waals surface area contributed by atoms with Crippen LogP contribution >= 0.6 is 11.8 Å². The van der Waals surface area contributed by atoms with E-state index in [1.807, 2.05) is 36.4 Å². The molecule has 1 aromatic heterocycles. The van der Waals surface area contributed by atoms with Gasteiger partial charge in [-0.2, -0.15) is 4.73 Å². The third-order valence-electron chi connectivity index (χ3n) is 4.78. The summed E-state index contributed by atoms with van der Waals surface area (Å²) in [7, 11) is 0. The first-order valence-corrected chi connectivity index (χ1v) is 9.67. The van der Waals surface area contributed by atoms with Gasteiger partial charge in [0.1, 0.15) is 0 Å². The quantitative estimate of drug-likeness (QED) is 0.292. The molecule has 27 heavy (non-hydrogen) atoms. The van der Waals surface area contributed by atoms with E-state index < -0.39 is 0 Å². The summed E-state index contributed by atoms with van der Waals surface area (Å²) in [5, 5.41) is 17.3. The number of benzene rings is 3. The number of hydrogen-bond acceptors (Lipinski definition) is 4. The normalized spacial score (nSPS) is 15.0. The number of ether oxygens (including phenoxy) is 2. The lowest BCUT2D eigenvalue weighted by molar-refractivity contribution is -0.645. The zero-order chi connectivity index (χ0) is 18.2. The minimum Gasteiger partial charge on any atom is -0.618 e. The van der Waals surface area contributed by atoms with E-state index in [1.165, 1.54) is 18.0 Å². The van der Waals surface area contributed by atoms with Crippen molar-refractivity contribution >= 4 is 33.3 Å². The highest BCUT2D eigenvalue weighted by Gasteiger charge is 2.25. The van der Waals surface area contributed by atoms with Gasteiger partial charge in [-0.3, -0.25) is 0 Å². The highest BCUT2D eigenvalue weighted by molar-refractivity contribution is 7.99. The fraction of sp³-hybridized carbons (Fsp3) is 0.136. The van der Waals surface area contributed by atoms with Gasteiger partial charge >= 0.3 is 0 Å². The van der Waals surface area contributed by atoms with Crippen molar-refractivity contribution in [2.75, 3.05) is 13.2 Å². The van der Waals surface area contributed by atoms with Gasteiger partial charge in [-0.1, -0.05) is 48.5 Å². The molecular weight excluding hydrogens is 358 g/mol. The van der Waals surface area contributed by atoms with Crippen LogP contribution in [0.25, 0.3) is 21.5 Å². The number of nitrogens with zero attached hydrogens (tertiary/aromatic N) is 1. The molecule has 5 rings (SSSR count). The molecule has 0 aliphatic carbocycles. The molecule has 0 bridgehead atoms. The Morgan fingerprint density at radius 1 is 0.778 bits per heavy atom. The van der Waals surface area contributed by atoms with Crippen LogP contribution in [-0.2, 0) is 9.47 Å². The Balaban J connectivity index is 1.82. The summed E-state index contributed by atoms with van der Waals surface area (Å²) in [4.78, 5) is 1.07. The first kappa shape index (κ1) is 16.6. The summed E-state index contributed by atoms with van der Waals surface area (Å²) < 4.78 is 12.6. The molecule has 0 saturated carbocycles. The Morgan fingerprint density at radius 3 is 1.93 bits per heavy atom. The Labute approximate surface area is 160 Å². The highest BCUT2D eigenvalue weighted by atomic mass is 32.2. The SMILES string of the molecule is [O-][n+]1ccccc1Sc1c2ccccc2c(C2OCCO2)c2ccccc12. The van der Waals surface area contributed by atoms with E-state index in [2.05, 4.69) is 24.3 Å². The fourth-order valence-electron chi connectivity index (χ4n) is 3.61. The second-order valence-corrected chi connectivity index (χ2v) is 7.40. The van der Waals surface area contributed by atoms with Gasteiger partial charge in [0.25, 0.3) is 5.03 Å². The number of aromatic nitrogens is 1. The predicted molar refractivity (Wildman–Crippen MR) is 106 cm³/mol. The van der Waals surface area contributed by atoms with Crippen molar-refractivity contribution in [3.05, 3.63) is 83.7 Å². The van der Waals surface area contributed by atoms with Crippen LogP contribution in [0, 0.1) is 5.21 Å². The molecule has 0 unspecified atom stereocenters. The average molecular weight is 375 g/mol. The van der Waals surface area contributed by atoms with Gasteiger partial charge in [-0.15, -0.1) is 0 Å². The third-order valence-corrected chi connectivity index (χ3v) is 5.95. The van der Waals surface area contributed by atoms with Crippen LogP contribution in [0.3, 0.4) is 0 Å². The molecule has 4 nitrogen and oxygen atoms in total. The minimum absolute atomic E-state index is 0.361. The second kappa shape index (κ2) is 6.85. The Bertz CT molecular complexity index is 1080. The van der Waals surface area contributed by atoms with Crippen LogP contribution in [0.1, 0.15) is 11.9 Å². The van der Waals surface area contributed by atoms with Crippen LogP contribution in [0.15, 0.2) is 82.8 Å². The summed E-state index contributed by atoms with van der Waals surface area (Å²) >= 11 is 1.49. The first-order valence-electron chi connectivity index (χ1n) is 8.85. The van der Waals surface area contributed by atoms with Crippen LogP contribution in [0.5, 0.6) is 0 Å². The molecule has 4 aromatic rings. The van der Waals surface area contributed by atoms with Crippen molar-refractivity contribution in [2.45, 2.75) is 16.2 Å². The molecule has 5 heteroatoms. The molecule has 0 atom stereocenters. The Hall–Kier alpha value is -2.60. The summed E-state index contributed by atoms with van der Waals surface area (Å²) in [6.45, 7) is 1.20. The van der Waals surface area contributed by atoms with E-state index in [4.69, 9.17) is 9.47 Å². The van der Waals surface area contributed by atoms with Gasteiger partial charge in [-0.05, 0) is 39.4 Å². The summed E-state index contributed by atoms with van der Waals surface area (Å²) in [6.07, 6.45) is 1.17. The maximum Gasteiger partial charge on any atom is 0.256 e. The number of pyridine rings is 1. The molecule has 0 spiro atoms. The molecule has 1 fully saturated rings. The van der Waals surface area contributed by atoms with E-state index in [0.29, 0.717) is 18.2 Å². The van der Waals surface area contributed by atoms with Crippen molar-refractivity contribution in [2.24, 2.45) is 0 Å². The van der Waals surface area contributed by atoms with Crippen molar-refractivity contribution < 1.29 is 14.2 Å². The monoisotopic (exact) mass is 375 g/mol. The zero-order valence-corrected chi connectivity index (χ0v) is 15.3. The molecule has 1 aliphatic heterocycles. The predicted octanol–water partition coefficient (Wildman–Crippen LogP) is 4.82. The number of rotatable bonds is 3. The largest absolute Gasteiger partial charge is 0.618 e. The Morgan fingerprint density at radius 2 is 1.33 bits per heavy atom. The summed E-state index contributed by atoms with van der Waals surface area (Å²) in [5.41, 5.74) is 1.06. The van der Waals surface area contributed by atoms with Gasteiger partial charge in [0.2, 0.25) is 0 Å². The molecule has 0 N–H and O–H groups in total. The van der Waals surface area contributed by atoms with Gasteiger partial charge < -0.3 is 14.7 Å². The van der Waals surface area contributed by atoms with E-state index in [-0.39, 0.29) is 6.29 Å². The van der Waals surface area contributed by atoms with E-state index in [9.17, 15) is 5.21 Å². The second-order valence-electron chi connectivity index (χ2n) is 6.37. The molecule has 134 valence electrons. The van der Waals surface area contributed by atoms with Gasteiger partial charge in [0, 0.05) is 22.6 Å². The topological polar surface area (TPSA) is 45.4 Å². The number of fused-ring (bicyclic) bond motifs is 2. The van der Waals surface area contributed by atoms with Crippen molar-refractivity contribution in [3.63, 3.8) is 0 Å². The van der Waals surface area contributed by atoms with E-state index in [1.54, 1.807) is 6.07 Å². The van der Waals surface area contributed by atoms with Crippen LogP contribution < -0.4 is 4.73 Å². The lowest BCUT2D eigenvalue weighted by Crippen LogP contribution is -2.27. The molecule has 0 amide bonds. The maximum atomic E-state index is 12.2. The standard InChI is InChI=1S/C22H17NO3S/c24-23-12-6-5-11-19(23)27-21-17-9-3-1-7-15(17)20(22-25-13-14-26-22)16-8-2-4-10-18(16)21/h1-12,22H,13-14H2. The lowest BCUT2D eigenvalue weighted by Gasteiger charge is -2.19. The summed E-state index contributed by atoms with van der Waals surface area (Å²) in [6, 6.07) is 22.0. The van der Waals surface area contributed by atoms with Gasteiger partial charge in [0.05, 0.1) is 13.2 Å². The smallest absolute Gasteiger partial charge is 0.256 e. The van der Waals surface area contributed by atoms with E-state index in [0.717, 1.165) is 36.7 Å². The maximum absolute atomic E-state index is 12.2. The third kappa shape index (κ3) is 2.84. The molecule has 1 saturated heterocycles. The molecule has 3 aromatic carbocycles. The van der Waals surface area contributed by atoms with Gasteiger partial charge in [-0.25, -0.2) is 0 Å². The Kier molecular flexibility index (Phi) is 4.20. The fourth-order valence-corrected chi connectivity index (χ4v) is 4.69. The highest BCUT2D eigenvalue weighted by Crippen LogP contribution is 2.44. The molecular formula is C22H17NO3S. The summed E-state index contributed by atoms with van der Waals surface area (Å²) in [5.74, 6) is 0. The van der Waals surface area contributed by atoms with Crippen LogP contribution in [-0.4, -0.2) is 13.2 Å². The minimum atomic E-state index is -0.361. The van der Waals surface area contributed by atoms with Gasteiger partial charge in [0.15, 0.2) is 12.5 Å². The average Bonchev–Trinajstić information content (AvgIpc) is 3.24. The lowest BCUT2D eigenvalue weighted by atomic mass is 9.96. The van der Waals surface area contributed by atoms with Crippen LogP contribution in [0.4, 0.5) is 0 Å². The van der Waals surface area contributed by atoms with Crippen molar-refractivity contribution in [1.82, 2.24) is 0 Å².